The fourth-order valence-corrected chi connectivity index (χ4v) is 1.82. The van der Waals surface area contributed by atoms with E-state index in [1.54, 1.807) is 6.92 Å². The molecule has 1 aromatic heterocycles. The van der Waals surface area contributed by atoms with Crippen LogP contribution in [0.3, 0.4) is 0 Å². The monoisotopic (exact) mass is 268 g/mol. The molecule has 2 rings (SSSR count). The van der Waals surface area contributed by atoms with E-state index in [1.165, 1.54) is 0 Å². The molecule has 0 spiro atoms. The van der Waals surface area contributed by atoms with Crippen LogP contribution in [-0.2, 0) is 9.53 Å². The zero-order valence-electron chi connectivity index (χ0n) is 10.2. The van der Waals surface area contributed by atoms with Gasteiger partial charge in [-0.1, -0.05) is 6.07 Å². The van der Waals surface area contributed by atoms with Gasteiger partial charge in [0, 0.05) is 17.8 Å². The molecule has 3 N–H and O–H groups in total. The van der Waals surface area contributed by atoms with E-state index in [1.807, 2.05) is 30.5 Å². The van der Waals surface area contributed by atoms with Crippen LogP contribution >= 0.6 is 12.4 Å². The molecule has 0 aliphatic carbocycles. The Hall–Kier alpha value is -1.52. The number of fused-ring (bicyclic) bond motifs is 1. The number of halogens is 1. The number of carbonyl (C=O) groups excluding carboxylic acids is 1. The Labute approximate surface area is 112 Å². The Kier molecular flexibility index (Phi) is 5.19. The minimum absolute atomic E-state index is 0. The smallest absolute Gasteiger partial charge is 0.307 e. The Bertz CT molecular complexity index is 524. The summed E-state index contributed by atoms with van der Waals surface area (Å²) in [5.74, 6) is -0.255. The molecule has 0 unspecified atom stereocenters. The minimum atomic E-state index is -0.312. The van der Waals surface area contributed by atoms with Gasteiger partial charge in [-0.3, -0.25) is 4.79 Å². The maximum atomic E-state index is 11.3. The fourth-order valence-electron chi connectivity index (χ4n) is 1.82. The number of hydrogen-bond acceptors (Lipinski definition) is 3. The van der Waals surface area contributed by atoms with Crippen molar-refractivity contribution < 1.29 is 9.53 Å². The number of nitrogens with one attached hydrogen (secondary N) is 1. The quantitative estimate of drug-likeness (QED) is 0.838. The summed E-state index contributed by atoms with van der Waals surface area (Å²) >= 11 is 0. The summed E-state index contributed by atoms with van der Waals surface area (Å²) in [5.41, 5.74) is 7.99. The third-order valence-corrected chi connectivity index (χ3v) is 2.70. The lowest BCUT2D eigenvalue weighted by Gasteiger charge is -2.11. The summed E-state index contributed by atoms with van der Waals surface area (Å²) < 4.78 is 4.88. The Balaban J connectivity index is 0.00000162. The van der Waals surface area contributed by atoms with Gasteiger partial charge in [-0.05, 0) is 36.1 Å². The first-order valence-electron chi connectivity index (χ1n) is 5.69. The van der Waals surface area contributed by atoms with Crippen LogP contribution in [-0.4, -0.2) is 17.6 Å². The third-order valence-electron chi connectivity index (χ3n) is 2.70. The van der Waals surface area contributed by atoms with E-state index >= 15 is 0 Å². The molecular formula is C13H17ClN2O2. The highest BCUT2D eigenvalue weighted by Crippen LogP contribution is 2.20. The standard InChI is InChI=1S/C13H16N2O2.ClH/c1-2-17-13(16)8-11(14)9-3-4-12-10(7-9)5-6-15-12;/h3-7,11,15H,2,8,14H2,1H3;1H/t11-;/m0./s1. The molecule has 98 valence electrons. The van der Waals surface area contributed by atoms with E-state index in [0.717, 1.165) is 16.5 Å². The molecule has 0 bridgehead atoms. The number of ether oxygens (including phenoxy) is 1. The van der Waals surface area contributed by atoms with Crippen LogP contribution in [0, 0.1) is 0 Å². The highest BCUT2D eigenvalue weighted by atomic mass is 35.5. The normalized spacial score (nSPS) is 11.9. The van der Waals surface area contributed by atoms with Crippen LogP contribution in [0.4, 0.5) is 0 Å². The average Bonchev–Trinajstić information content (AvgIpc) is 2.75. The molecule has 0 saturated heterocycles. The van der Waals surface area contributed by atoms with Crippen LogP contribution in [0.25, 0.3) is 10.9 Å². The van der Waals surface area contributed by atoms with Crippen molar-refractivity contribution in [1.29, 1.82) is 0 Å². The van der Waals surface area contributed by atoms with Crippen LogP contribution in [0.1, 0.15) is 24.9 Å². The second-order valence-electron chi connectivity index (χ2n) is 3.94. The number of carbonyl (C=O) groups is 1. The summed E-state index contributed by atoms with van der Waals surface area (Å²) in [6, 6.07) is 7.57. The van der Waals surface area contributed by atoms with Crippen molar-refractivity contribution in [2.45, 2.75) is 19.4 Å². The van der Waals surface area contributed by atoms with Gasteiger partial charge in [0.25, 0.3) is 0 Å². The minimum Gasteiger partial charge on any atom is -0.466 e. The first-order valence-corrected chi connectivity index (χ1v) is 5.69. The van der Waals surface area contributed by atoms with E-state index in [2.05, 4.69) is 4.98 Å². The number of rotatable bonds is 4. The van der Waals surface area contributed by atoms with Gasteiger partial charge in [0.2, 0.25) is 0 Å². The molecule has 1 heterocycles. The number of esters is 1. The van der Waals surface area contributed by atoms with Crippen molar-refractivity contribution in [2.24, 2.45) is 5.73 Å². The highest BCUT2D eigenvalue weighted by molar-refractivity contribution is 5.85. The first-order chi connectivity index (χ1) is 8.20. The lowest BCUT2D eigenvalue weighted by atomic mass is 10.0. The zero-order valence-corrected chi connectivity index (χ0v) is 11.0. The van der Waals surface area contributed by atoms with Gasteiger partial charge in [0.15, 0.2) is 0 Å². The second kappa shape index (κ2) is 6.42. The number of nitrogens with two attached hydrogens (primary N) is 1. The zero-order chi connectivity index (χ0) is 12.3. The average molecular weight is 269 g/mol. The van der Waals surface area contributed by atoms with Crippen LogP contribution in [0.5, 0.6) is 0 Å². The van der Waals surface area contributed by atoms with Crippen molar-refractivity contribution in [1.82, 2.24) is 4.98 Å². The van der Waals surface area contributed by atoms with Crippen LogP contribution < -0.4 is 5.73 Å². The molecule has 1 atom stereocenters. The first kappa shape index (κ1) is 14.5. The van der Waals surface area contributed by atoms with Gasteiger partial charge in [-0.15, -0.1) is 12.4 Å². The third kappa shape index (κ3) is 3.24. The highest BCUT2D eigenvalue weighted by Gasteiger charge is 2.12. The number of hydrogen-bond donors (Lipinski definition) is 2. The fraction of sp³-hybridized carbons (Fsp3) is 0.308. The molecule has 1 aromatic carbocycles. The van der Waals surface area contributed by atoms with Gasteiger partial charge in [0.05, 0.1) is 13.0 Å². The molecule has 5 heteroatoms. The number of aromatic nitrogens is 1. The maximum absolute atomic E-state index is 11.3. The van der Waals surface area contributed by atoms with E-state index in [-0.39, 0.29) is 30.8 Å². The van der Waals surface area contributed by atoms with Gasteiger partial charge in [-0.2, -0.15) is 0 Å². The Morgan fingerprint density at radius 1 is 1.44 bits per heavy atom. The largest absolute Gasteiger partial charge is 0.466 e. The Morgan fingerprint density at radius 3 is 2.94 bits per heavy atom. The van der Waals surface area contributed by atoms with Gasteiger partial charge in [0.1, 0.15) is 0 Å². The predicted octanol–water partition coefficient (Wildman–Crippen LogP) is 2.54. The number of H-pyrrole nitrogens is 1. The maximum Gasteiger partial charge on any atom is 0.307 e. The van der Waals surface area contributed by atoms with E-state index in [4.69, 9.17) is 10.5 Å². The summed E-state index contributed by atoms with van der Waals surface area (Å²) in [5, 5.41) is 1.10. The number of benzene rings is 1. The summed E-state index contributed by atoms with van der Waals surface area (Å²) in [6.07, 6.45) is 2.09. The molecule has 0 aliphatic rings. The molecule has 0 saturated carbocycles. The van der Waals surface area contributed by atoms with Crippen LogP contribution in [0.15, 0.2) is 30.5 Å². The van der Waals surface area contributed by atoms with E-state index in [0.29, 0.717) is 6.61 Å². The summed E-state index contributed by atoms with van der Waals surface area (Å²) in [4.78, 5) is 14.4. The number of aromatic amines is 1. The molecule has 2 aromatic rings. The van der Waals surface area contributed by atoms with Gasteiger partial charge < -0.3 is 15.5 Å². The van der Waals surface area contributed by atoms with Crippen molar-refractivity contribution >= 4 is 29.3 Å². The predicted molar refractivity (Wildman–Crippen MR) is 73.7 cm³/mol. The van der Waals surface area contributed by atoms with E-state index in [9.17, 15) is 4.79 Å². The topological polar surface area (TPSA) is 68.1 Å². The summed E-state index contributed by atoms with van der Waals surface area (Å²) in [6.45, 7) is 2.18. The molecular weight excluding hydrogens is 252 g/mol. The SMILES string of the molecule is CCOC(=O)C[C@H](N)c1ccc2[nH]ccc2c1.Cl. The molecule has 0 fully saturated rings. The van der Waals surface area contributed by atoms with Crippen molar-refractivity contribution in [3.05, 3.63) is 36.0 Å². The van der Waals surface area contributed by atoms with Crippen LogP contribution in [0.2, 0.25) is 0 Å². The molecule has 0 amide bonds. The lowest BCUT2D eigenvalue weighted by molar-refractivity contribution is -0.143. The van der Waals surface area contributed by atoms with Crippen molar-refractivity contribution in [3.8, 4) is 0 Å². The van der Waals surface area contributed by atoms with Gasteiger partial charge in [-0.25, -0.2) is 0 Å². The molecule has 4 nitrogen and oxygen atoms in total. The Morgan fingerprint density at radius 2 is 2.22 bits per heavy atom. The summed E-state index contributed by atoms with van der Waals surface area (Å²) in [7, 11) is 0. The van der Waals surface area contributed by atoms with Crippen molar-refractivity contribution in [3.63, 3.8) is 0 Å². The van der Waals surface area contributed by atoms with Crippen molar-refractivity contribution in [2.75, 3.05) is 6.61 Å². The van der Waals surface area contributed by atoms with Gasteiger partial charge >= 0.3 is 5.97 Å². The van der Waals surface area contributed by atoms with E-state index < -0.39 is 0 Å². The molecule has 0 aliphatic heterocycles. The molecule has 18 heavy (non-hydrogen) atoms. The second-order valence-corrected chi connectivity index (χ2v) is 3.94. The lowest BCUT2D eigenvalue weighted by Crippen LogP contribution is -2.17. The molecule has 0 radical (unpaired) electrons.